The van der Waals surface area contributed by atoms with Gasteiger partial charge in [0, 0.05) is 0 Å². The van der Waals surface area contributed by atoms with Crippen LogP contribution < -0.4 is 9.46 Å². The molecule has 2 N–H and O–H groups in total. The van der Waals surface area contributed by atoms with Crippen molar-refractivity contribution in [2.24, 2.45) is 5.92 Å². The van der Waals surface area contributed by atoms with E-state index in [9.17, 15) is 18.3 Å². The van der Waals surface area contributed by atoms with E-state index in [1.807, 2.05) is 24.3 Å². The summed E-state index contributed by atoms with van der Waals surface area (Å²) < 4.78 is 33.0. The number of hydrogen-bond donors (Lipinski definition) is 2. The number of thioether (sulfide) groups is 1. The Morgan fingerprint density at radius 2 is 1.61 bits per heavy atom. The lowest BCUT2D eigenvalue weighted by Gasteiger charge is -2.27. The summed E-state index contributed by atoms with van der Waals surface area (Å²) >= 11 is 1.77. The Kier molecular flexibility index (Phi) is 6.64. The number of ether oxygens (including phenoxy) is 1. The number of hydrogen-bond acceptors (Lipinski definition) is 5. The highest BCUT2D eigenvalue weighted by Gasteiger charge is 2.33. The number of carboxylic acid groups (broad SMARTS) is 1. The maximum absolute atomic E-state index is 12.7. The van der Waals surface area contributed by atoms with Crippen molar-refractivity contribution < 1.29 is 23.1 Å². The van der Waals surface area contributed by atoms with Gasteiger partial charge in [0.15, 0.2) is 0 Å². The van der Waals surface area contributed by atoms with E-state index < -0.39 is 22.0 Å². The van der Waals surface area contributed by atoms with Crippen LogP contribution in [0.4, 0.5) is 0 Å². The van der Waals surface area contributed by atoms with Gasteiger partial charge >= 0.3 is 5.97 Å². The second-order valence-corrected chi connectivity index (χ2v) is 9.58. The van der Waals surface area contributed by atoms with Gasteiger partial charge in [-0.25, -0.2) is 8.42 Å². The molecule has 3 rings (SSSR count). The van der Waals surface area contributed by atoms with Crippen molar-refractivity contribution in [2.45, 2.75) is 23.8 Å². The van der Waals surface area contributed by atoms with Crippen LogP contribution in [0.3, 0.4) is 0 Å². The van der Waals surface area contributed by atoms with Crippen LogP contribution in [0.5, 0.6) is 5.75 Å². The van der Waals surface area contributed by atoms with Crippen molar-refractivity contribution in [1.82, 2.24) is 4.72 Å². The first-order valence-electron chi connectivity index (χ1n) is 8.98. The van der Waals surface area contributed by atoms with Crippen molar-refractivity contribution >= 4 is 27.8 Å². The van der Waals surface area contributed by atoms with Gasteiger partial charge in [-0.3, -0.25) is 4.79 Å². The molecule has 8 heteroatoms. The second kappa shape index (κ2) is 8.98. The molecular formula is C20H23NO5S2. The fourth-order valence-corrected chi connectivity index (χ4v) is 5.64. The number of aliphatic carboxylic acids is 1. The highest BCUT2D eigenvalue weighted by molar-refractivity contribution is 7.99. The van der Waals surface area contributed by atoms with Gasteiger partial charge in [-0.2, -0.15) is 16.5 Å². The van der Waals surface area contributed by atoms with Gasteiger partial charge in [-0.05, 0) is 65.7 Å². The molecule has 150 valence electrons. The fourth-order valence-electron chi connectivity index (χ4n) is 3.24. The van der Waals surface area contributed by atoms with Gasteiger partial charge < -0.3 is 9.84 Å². The van der Waals surface area contributed by atoms with Crippen molar-refractivity contribution in [3.05, 3.63) is 48.5 Å². The summed E-state index contributed by atoms with van der Waals surface area (Å²) in [6.07, 6.45) is 1.39. The highest BCUT2D eigenvalue weighted by atomic mass is 32.2. The van der Waals surface area contributed by atoms with Crippen LogP contribution in [0.25, 0.3) is 11.1 Å². The highest BCUT2D eigenvalue weighted by Crippen LogP contribution is 2.27. The lowest BCUT2D eigenvalue weighted by Crippen LogP contribution is -2.46. The zero-order valence-corrected chi connectivity index (χ0v) is 17.1. The summed E-state index contributed by atoms with van der Waals surface area (Å²) in [7, 11) is -2.33. The third kappa shape index (κ3) is 4.87. The summed E-state index contributed by atoms with van der Waals surface area (Å²) in [5, 5.41) is 9.53. The molecule has 2 aromatic carbocycles. The first kappa shape index (κ1) is 20.7. The Hall–Kier alpha value is -2.03. The van der Waals surface area contributed by atoms with Crippen molar-refractivity contribution in [3.63, 3.8) is 0 Å². The smallest absolute Gasteiger partial charge is 0.322 e. The predicted octanol–water partition coefficient (Wildman–Crippen LogP) is 3.24. The van der Waals surface area contributed by atoms with Crippen LogP contribution in [0.2, 0.25) is 0 Å². The Bertz CT molecular complexity index is 905. The van der Waals surface area contributed by atoms with E-state index in [1.54, 1.807) is 31.0 Å². The van der Waals surface area contributed by atoms with Gasteiger partial charge in [0.05, 0.1) is 12.0 Å². The van der Waals surface area contributed by atoms with Crippen LogP contribution in [0.15, 0.2) is 53.4 Å². The minimum Gasteiger partial charge on any atom is -0.497 e. The van der Waals surface area contributed by atoms with Crippen molar-refractivity contribution in [1.29, 1.82) is 0 Å². The molecule has 1 saturated heterocycles. The molecule has 0 bridgehead atoms. The van der Waals surface area contributed by atoms with Gasteiger partial charge in [-0.1, -0.05) is 24.3 Å². The number of carboxylic acids is 1. The van der Waals surface area contributed by atoms with E-state index in [2.05, 4.69) is 4.72 Å². The molecule has 0 saturated carbocycles. The van der Waals surface area contributed by atoms with E-state index in [0.29, 0.717) is 12.8 Å². The van der Waals surface area contributed by atoms with Crippen LogP contribution in [-0.4, -0.2) is 44.2 Å². The Balaban J connectivity index is 1.77. The largest absolute Gasteiger partial charge is 0.497 e. The molecule has 1 fully saturated rings. The molecule has 0 spiro atoms. The van der Waals surface area contributed by atoms with E-state index in [1.165, 1.54) is 12.1 Å². The lowest BCUT2D eigenvalue weighted by molar-refractivity contribution is -0.140. The number of rotatable bonds is 7. The predicted molar refractivity (Wildman–Crippen MR) is 110 cm³/mol. The minimum atomic E-state index is -3.92. The normalized spacial score (nSPS) is 16.5. The first-order chi connectivity index (χ1) is 13.4. The monoisotopic (exact) mass is 421 g/mol. The maximum Gasteiger partial charge on any atom is 0.322 e. The van der Waals surface area contributed by atoms with Crippen LogP contribution in [0, 0.1) is 5.92 Å². The van der Waals surface area contributed by atoms with Crippen molar-refractivity contribution in [2.75, 3.05) is 18.6 Å². The number of benzene rings is 2. The average molecular weight is 422 g/mol. The first-order valence-corrected chi connectivity index (χ1v) is 11.6. The number of nitrogens with one attached hydrogen (secondary N) is 1. The lowest BCUT2D eigenvalue weighted by atomic mass is 9.94. The average Bonchev–Trinajstić information content (AvgIpc) is 2.73. The third-order valence-corrected chi connectivity index (χ3v) is 7.38. The molecule has 2 aromatic rings. The fraction of sp³-hybridized carbons (Fsp3) is 0.350. The Morgan fingerprint density at radius 3 is 2.11 bits per heavy atom. The maximum atomic E-state index is 12.7. The molecule has 0 aliphatic carbocycles. The summed E-state index contributed by atoms with van der Waals surface area (Å²) in [4.78, 5) is 11.7. The van der Waals surface area contributed by atoms with E-state index in [4.69, 9.17) is 4.74 Å². The zero-order valence-electron chi connectivity index (χ0n) is 15.5. The van der Waals surface area contributed by atoms with Crippen LogP contribution >= 0.6 is 11.8 Å². The van der Waals surface area contributed by atoms with E-state index >= 15 is 0 Å². The standard InChI is InChI=1S/C20H23NO5S2/c1-26-17-6-2-14(3-7-17)15-4-8-18(9-5-15)28(24,25)21-19(20(22)23)16-10-12-27-13-11-16/h2-9,16,19,21H,10-13H2,1H3,(H,22,23). The Labute approximate surface area is 169 Å². The molecular weight excluding hydrogens is 398 g/mol. The van der Waals surface area contributed by atoms with Crippen LogP contribution in [0.1, 0.15) is 12.8 Å². The van der Waals surface area contributed by atoms with Gasteiger partial charge in [-0.15, -0.1) is 0 Å². The summed E-state index contributed by atoms with van der Waals surface area (Å²) in [6.45, 7) is 0. The molecule has 0 radical (unpaired) electrons. The molecule has 6 nitrogen and oxygen atoms in total. The third-order valence-electron chi connectivity index (χ3n) is 4.87. The van der Waals surface area contributed by atoms with Gasteiger partial charge in [0.2, 0.25) is 10.0 Å². The number of methoxy groups -OCH3 is 1. The van der Waals surface area contributed by atoms with E-state index in [-0.39, 0.29) is 10.8 Å². The summed E-state index contributed by atoms with van der Waals surface area (Å²) in [5.74, 6) is 1.13. The zero-order chi connectivity index (χ0) is 20.1. The summed E-state index contributed by atoms with van der Waals surface area (Å²) in [6, 6.07) is 12.8. The summed E-state index contributed by atoms with van der Waals surface area (Å²) in [5.41, 5.74) is 1.79. The molecule has 1 heterocycles. The Morgan fingerprint density at radius 1 is 1.07 bits per heavy atom. The molecule has 0 amide bonds. The molecule has 1 unspecified atom stereocenters. The number of sulfonamides is 1. The van der Waals surface area contributed by atoms with Gasteiger partial charge in [0.25, 0.3) is 0 Å². The number of carbonyl (C=O) groups is 1. The second-order valence-electron chi connectivity index (χ2n) is 6.64. The quantitative estimate of drug-likeness (QED) is 0.713. The molecule has 1 aliphatic heterocycles. The van der Waals surface area contributed by atoms with E-state index in [0.717, 1.165) is 28.4 Å². The van der Waals surface area contributed by atoms with Crippen molar-refractivity contribution in [3.8, 4) is 16.9 Å². The van der Waals surface area contributed by atoms with Gasteiger partial charge in [0.1, 0.15) is 11.8 Å². The molecule has 0 aromatic heterocycles. The molecule has 28 heavy (non-hydrogen) atoms. The molecule has 1 atom stereocenters. The SMILES string of the molecule is COc1ccc(-c2ccc(S(=O)(=O)NC(C(=O)O)C3CCSCC3)cc2)cc1. The topological polar surface area (TPSA) is 92.7 Å². The molecule has 1 aliphatic rings. The van der Waals surface area contributed by atoms with Crippen LogP contribution in [-0.2, 0) is 14.8 Å². The minimum absolute atomic E-state index is 0.0567.